The molecule has 0 heterocycles. The van der Waals surface area contributed by atoms with Crippen LogP contribution in [0.2, 0.25) is 0 Å². The lowest BCUT2D eigenvalue weighted by atomic mass is 10.3. The first-order valence-corrected chi connectivity index (χ1v) is 4.45. The molecule has 0 unspecified atom stereocenters. The standard InChI is InChI=1S/C11H16O3/c1-11(2,13-4)14-10-7-5-9(12-3)6-8-10/h5-8H,1-4H3. The summed E-state index contributed by atoms with van der Waals surface area (Å²) in [7, 11) is 3.25. The van der Waals surface area contributed by atoms with Crippen LogP contribution in [-0.4, -0.2) is 20.0 Å². The lowest BCUT2D eigenvalue weighted by molar-refractivity contribution is -0.134. The van der Waals surface area contributed by atoms with Crippen LogP contribution in [0, 0.1) is 0 Å². The van der Waals surface area contributed by atoms with Crippen LogP contribution in [0.25, 0.3) is 0 Å². The highest BCUT2D eigenvalue weighted by molar-refractivity contribution is 5.31. The highest BCUT2D eigenvalue weighted by Crippen LogP contribution is 2.21. The van der Waals surface area contributed by atoms with E-state index < -0.39 is 5.79 Å². The monoisotopic (exact) mass is 196 g/mol. The van der Waals surface area contributed by atoms with E-state index >= 15 is 0 Å². The summed E-state index contributed by atoms with van der Waals surface area (Å²) in [5, 5.41) is 0. The molecule has 1 rings (SSSR count). The van der Waals surface area contributed by atoms with Gasteiger partial charge in [0.15, 0.2) is 0 Å². The van der Waals surface area contributed by atoms with E-state index in [1.165, 1.54) is 0 Å². The number of methoxy groups -OCH3 is 2. The molecule has 78 valence electrons. The van der Waals surface area contributed by atoms with Crippen molar-refractivity contribution in [3.63, 3.8) is 0 Å². The van der Waals surface area contributed by atoms with Crippen molar-refractivity contribution in [1.29, 1.82) is 0 Å². The van der Waals surface area contributed by atoms with Gasteiger partial charge < -0.3 is 14.2 Å². The summed E-state index contributed by atoms with van der Waals surface area (Å²) in [5.74, 6) is 0.972. The number of benzene rings is 1. The molecular weight excluding hydrogens is 180 g/mol. The van der Waals surface area contributed by atoms with Crippen molar-refractivity contribution >= 4 is 0 Å². The predicted molar refractivity (Wildman–Crippen MR) is 54.7 cm³/mol. The molecule has 0 aliphatic heterocycles. The molecule has 0 amide bonds. The van der Waals surface area contributed by atoms with Gasteiger partial charge in [0.25, 0.3) is 0 Å². The van der Waals surface area contributed by atoms with E-state index in [4.69, 9.17) is 14.2 Å². The number of hydrogen-bond donors (Lipinski definition) is 0. The van der Waals surface area contributed by atoms with E-state index in [2.05, 4.69) is 0 Å². The second-order valence-corrected chi connectivity index (χ2v) is 3.38. The number of ether oxygens (including phenoxy) is 3. The molecule has 1 aromatic carbocycles. The average Bonchev–Trinajstić information content (AvgIpc) is 2.19. The van der Waals surface area contributed by atoms with Crippen LogP contribution in [0.15, 0.2) is 24.3 Å². The fraction of sp³-hybridized carbons (Fsp3) is 0.455. The molecule has 0 aromatic heterocycles. The zero-order chi connectivity index (χ0) is 10.6. The minimum atomic E-state index is -0.603. The Balaban J connectivity index is 2.69. The van der Waals surface area contributed by atoms with Gasteiger partial charge in [0.05, 0.1) is 7.11 Å². The van der Waals surface area contributed by atoms with Crippen molar-refractivity contribution in [2.75, 3.05) is 14.2 Å². The highest BCUT2D eigenvalue weighted by Gasteiger charge is 2.17. The fourth-order valence-corrected chi connectivity index (χ4v) is 0.969. The molecule has 0 radical (unpaired) electrons. The Bertz CT molecular complexity index is 277. The quantitative estimate of drug-likeness (QED) is 0.692. The molecule has 0 bridgehead atoms. The van der Waals surface area contributed by atoms with E-state index in [1.54, 1.807) is 14.2 Å². The summed E-state index contributed by atoms with van der Waals surface area (Å²) in [6.07, 6.45) is 0. The Morgan fingerprint density at radius 2 is 1.43 bits per heavy atom. The van der Waals surface area contributed by atoms with Gasteiger partial charge in [-0.3, -0.25) is 0 Å². The molecule has 0 N–H and O–H groups in total. The van der Waals surface area contributed by atoms with Crippen LogP contribution < -0.4 is 9.47 Å². The van der Waals surface area contributed by atoms with Crippen LogP contribution in [0.5, 0.6) is 11.5 Å². The first-order chi connectivity index (χ1) is 6.57. The van der Waals surface area contributed by atoms with Crippen molar-refractivity contribution in [3.05, 3.63) is 24.3 Å². The van der Waals surface area contributed by atoms with E-state index in [0.717, 1.165) is 11.5 Å². The van der Waals surface area contributed by atoms with Crippen LogP contribution in [0.4, 0.5) is 0 Å². The molecule has 0 saturated carbocycles. The van der Waals surface area contributed by atoms with Crippen molar-refractivity contribution in [2.24, 2.45) is 0 Å². The Labute approximate surface area is 84.6 Å². The molecule has 3 heteroatoms. The molecule has 0 fully saturated rings. The van der Waals surface area contributed by atoms with Crippen molar-refractivity contribution in [2.45, 2.75) is 19.6 Å². The largest absolute Gasteiger partial charge is 0.497 e. The number of rotatable bonds is 4. The van der Waals surface area contributed by atoms with Gasteiger partial charge >= 0.3 is 0 Å². The third-order valence-electron chi connectivity index (χ3n) is 1.91. The van der Waals surface area contributed by atoms with Gasteiger partial charge in [0, 0.05) is 21.0 Å². The highest BCUT2D eigenvalue weighted by atomic mass is 16.7. The van der Waals surface area contributed by atoms with Crippen molar-refractivity contribution < 1.29 is 14.2 Å². The molecular formula is C11H16O3. The Hall–Kier alpha value is -1.22. The average molecular weight is 196 g/mol. The van der Waals surface area contributed by atoms with Crippen LogP contribution in [0.3, 0.4) is 0 Å². The van der Waals surface area contributed by atoms with Gasteiger partial charge in [0.2, 0.25) is 5.79 Å². The maximum Gasteiger partial charge on any atom is 0.204 e. The van der Waals surface area contributed by atoms with E-state index in [1.807, 2.05) is 38.1 Å². The Kier molecular flexibility index (Phi) is 3.36. The molecule has 0 atom stereocenters. The molecule has 0 aliphatic rings. The second kappa shape index (κ2) is 4.33. The molecule has 0 saturated heterocycles. The van der Waals surface area contributed by atoms with E-state index in [9.17, 15) is 0 Å². The molecule has 3 nitrogen and oxygen atoms in total. The summed E-state index contributed by atoms with van der Waals surface area (Å²) in [4.78, 5) is 0. The van der Waals surface area contributed by atoms with Gasteiger partial charge in [-0.1, -0.05) is 0 Å². The third-order valence-corrected chi connectivity index (χ3v) is 1.91. The van der Waals surface area contributed by atoms with Crippen LogP contribution >= 0.6 is 0 Å². The fourth-order valence-electron chi connectivity index (χ4n) is 0.969. The SMILES string of the molecule is COc1ccc(OC(C)(C)OC)cc1. The first-order valence-electron chi connectivity index (χ1n) is 4.45. The first kappa shape index (κ1) is 10.9. The summed E-state index contributed by atoms with van der Waals surface area (Å²) in [6, 6.07) is 7.39. The topological polar surface area (TPSA) is 27.7 Å². The maximum absolute atomic E-state index is 5.57. The molecule has 0 aliphatic carbocycles. The molecule has 1 aromatic rings. The summed E-state index contributed by atoms with van der Waals surface area (Å²) < 4.78 is 15.8. The third kappa shape index (κ3) is 2.92. The smallest absolute Gasteiger partial charge is 0.204 e. The van der Waals surface area contributed by atoms with Gasteiger partial charge in [-0.2, -0.15) is 0 Å². The normalized spacial score (nSPS) is 11.1. The minimum absolute atomic E-state index is 0.603. The van der Waals surface area contributed by atoms with Gasteiger partial charge in [-0.15, -0.1) is 0 Å². The second-order valence-electron chi connectivity index (χ2n) is 3.38. The van der Waals surface area contributed by atoms with Crippen LogP contribution in [0.1, 0.15) is 13.8 Å². The minimum Gasteiger partial charge on any atom is -0.497 e. The predicted octanol–water partition coefficient (Wildman–Crippen LogP) is 2.46. The maximum atomic E-state index is 5.57. The molecule has 0 spiro atoms. The lowest BCUT2D eigenvalue weighted by Crippen LogP contribution is -2.30. The molecule has 14 heavy (non-hydrogen) atoms. The van der Waals surface area contributed by atoms with Crippen molar-refractivity contribution in [1.82, 2.24) is 0 Å². The van der Waals surface area contributed by atoms with Gasteiger partial charge in [-0.05, 0) is 24.3 Å². The Morgan fingerprint density at radius 1 is 0.929 bits per heavy atom. The Morgan fingerprint density at radius 3 is 1.86 bits per heavy atom. The summed E-state index contributed by atoms with van der Waals surface area (Å²) >= 11 is 0. The zero-order valence-corrected chi connectivity index (χ0v) is 9.03. The number of hydrogen-bond acceptors (Lipinski definition) is 3. The van der Waals surface area contributed by atoms with Gasteiger partial charge in [0.1, 0.15) is 11.5 Å². The van der Waals surface area contributed by atoms with E-state index in [-0.39, 0.29) is 0 Å². The summed E-state index contributed by atoms with van der Waals surface area (Å²) in [5.41, 5.74) is 0. The lowest BCUT2D eigenvalue weighted by Gasteiger charge is -2.24. The van der Waals surface area contributed by atoms with Crippen molar-refractivity contribution in [3.8, 4) is 11.5 Å². The van der Waals surface area contributed by atoms with E-state index in [0.29, 0.717) is 0 Å². The summed E-state index contributed by atoms with van der Waals surface area (Å²) in [6.45, 7) is 3.72. The van der Waals surface area contributed by atoms with Gasteiger partial charge in [-0.25, -0.2) is 0 Å². The van der Waals surface area contributed by atoms with Crippen LogP contribution in [-0.2, 0) is 4.74 Å². The zero-order valence-electron chi connectivity index (χ0n) is 9.03.